The van der Waals surface area contributed by atoms with Crippen LogP contribution in [-0.4, -0.2) is 16.9 Å². The highest BCUT2D eigenvalue weighted by Gasteiger charge is 2.30. The number of non-ortho nitro benzene ring substituents is 1. The number of nitrogens with one attached hydrogen (secondary N) is 1. The van der Waals surface area contributed by atoms with E-state index in [-0.39, 0.29) is 36.0 Å². The molecule has 19 heavy (non-hydrogen) atoms. The van der Waals surface area contributed by atoms with E-state index in [4.69, 9.17) is 5.73 Å². The van der Waals surface area contributed by atoms with E-state index < -0.39 is 4.92 Å². The largest absolute Gasteiger partial charge is 0.327 e. The van der Waals surface area contributed by atoms with Gasteiger partial charge in [-0.05, 0) is 18.9 Å². The van der Waals surface area contributed by atoms with E-state index in [0.717, 1.165) is 19.3 Å². The summed E-state index contributed by atoms with van der Waals surface area (Å²) in [6.45, 7) is 0. The zero-order chi connectivity index (χ0) is 13.1. The maximum absolute atomic E-state index is 11.9. The Labute approximate surface area is 116 Å². The van der Waals surface area contributed by atoms with Gasteiger partial charge >= 0.3 is 0 Å². The SMILES string of the molecule is Cl.NC1CCCC1C(=O)Nc1cccc([N+](=O)[O-])c1. The molecule has 0 aromatic heterocycles. The number of nitrogens with two attached hydrogens (primary N) is 1. The van der Waals surface area contributed by atoms with Gasteiger partial charge in [0.15, 0.2) is 0 Å². The molecule has 0 bridgehead atoms. The van der Waals surface area contributed by atoms with E-state index in [1.54, 1.807) is 12.1 Å². The molecule has 0 saturated heterocycles. The molecular formula is C12H16ClN3O3. The third kappa shape index (κ3) is 3.65. The van der Waals surface area contributed by atoms with Gasteiger partial charge in [0.1, 0.15) is 0 Å². The maximum Gasteiger partial charge on any atom is 0.271 e. The number of rotatable bonds is 3. The first kappa shape index (κ1) is 15.4. The fourth-order valence-electron chi connectivity index (χ4n) is 2.25. The van der Waals surface area contributed by atoms with Crippen LogP contribution in [0.25, 0.3) is 0 Å². The number of carbonyl (C=O) groups excluding carboxylic acids is 1. The molecule has 1 saturated carbocycles. The molecule has 0 spiro atoms. The molecule has 0 radical (unpaired) electrons. The number of hydrogen-bond donors (Lipinski definition) is 2. The zero-order valence-corrected chi connectivity index (χ0v) is 11.1. The molecule has 104 valence electrons. The number of amides is 1. The first-order valence-electron chi connectivity index (χ1n) is 5.89. The number of anilines is 1. The molecule has 1 aliphatic carbocycles. The van der Waals surface area contributed by atoms with Crippen molar-refractivity contribution in [3.63, 3.8) is 0 Å². The highest BCUT2D eigenvalue weighted by molar-refractivity contribution is 5.93. The first-order valence-corrected chi connectivity index (χ1v) is 5.89. The average molecular weight is 286 g/mol. The summed E-state index contributed by atoms with van der Waals surface area (Å²) in [7, 11) is 0. The third-order valence-corrected chi connectivity index (χ3v) is 3.23. The Balaban J connectivity index is 0.00000180. The standard InChI is InChI=1S/C12H15N3O3.ClH/c13-11-6-2-5-10(11)12(16)14-8-3-1-4-9(7-8)15(17)18;/h1,3-4,7,10-11H,2,5-6,13H2,(H,14,16);1H. The molecule has 1 amide bonds. The number of nitro benzene ring substituents is 1. The number of nitro groups is 1. The Bertz CT molecular complexity index is 481. The van der Waals surface area contributed by atoms with Gasteiger partial charge in [-0.3, -0.25) is 14.9 Å². The molecule has 2 unspecified atom stereocenters. The van der Waals surface area contributed by atoms with Gasteiger partial charge in [-0.1, -0.05) is 12.5 Å². The smallest absolute Gasteiger partial charge is 0.271 e. The van der Waals surface area contributed by atoms with E-state index in [2.05, 4.69) is 5.32 Å². The Kier molecular flexibility index (Phi) is 5.26. The summed E-state index contributed by atoms with van der Waals surface area (Å²) in [6.07, 6.45) is 2.59. The Morgan fingerprint density at radius 2 is 2.16 bits per heavy atom. The number of carbonyl (C=O) groups is 1. The molecule has 7 heteroatoms. The lowest BCUT2D eigenvalue weighted by Crippen LogP contribution is -2.34. The normalized spacial score (nSPS) is 21.5. The van der Waals surface area contributed by atoms with Crippen LogP contribution in [0.5, 0.6) is 0 Å². The monoisotopic (exact) mass is 285 g/mol. The second-order valence-corrected chi connectivity index (χ2v) is 4.50. The second-order valence-electron chi connectivity index (χ2n) is 4.50. The van der Waals surface area contributed by atoms with Crippen molar-refractivity contribution in [2.24, 2.45) is 11.7 Å². The van der Waals surface area contributed by atoms with Crippen LogP contribution in [0.15, 0.2) is 24.3 Å². The van der Waals surface area contributed by atoms with Crippen LogP contribution < -0.4 is 11.1 Å². The summed E-state index contributed by atoms with van der Waals surface area (Å²) in [4.78, 5) is 22.1. The molecule has 3 N–H and O–H groups in total. The van der Waals surface area contributed by atoms with Crippen molar-refractivity contribution < 1.29 is 9.72 Å². The van der Waals surface area contributed by atoms with E-state index >= 15 is 0 Å². The molecule has 1 fully saturated rings. The maximum atomic E-state index is 11.9. The molecule has 0 heterocycles. The fraction of sp³-hybridized carbons (Fsp3) is 0.417. The lowest BCUT2D eigenvalue weighted by atomic mass is 10.0. The van der Waals surface area contributed by atoms with Gasteiger partial charge in [-0.2, -0.15) is 0 Å². The van der Waals surface area contributed by atoms with E-state index in [9.17, 15) is 14.9 Å². The highest BCUT2D eigenvalue weighted by Crippen LogP contribution is 2.26. The number of hydrogen-bond acceptors (Lipinski definition) is 4. The highest BCUT2D eigenvalue weighted by atomic mass is 35.5. The topological polar surface area (TPSA) is 98.3 Å². The van der Waals surface area contributed by atoms with Crippen molar-refractivity contribution in [3.05, 3.63) is 34.4 Å². The molecule has 2 rings (SSSR count). The Morgan fingerprint density at radius 1 is 1.42 bits per heavy atom. The van der Waals surface area contributed by atoms with Gasteiger partial charge in [-0.25, -0.2) is 0 Å². The van der Waals surface area contributed by atoms with Crippen molar-refractivity contribution >= 4 is 29.7 Å². The number of nitrogens with zero attached hydrogens (tertiary/aromatic N) is 1. The number of halogens is 1. The third-order valence-electron chi connectivity index (χ3n) is 3.23. The van der Waals surface area contributed by atoms with E-state index in [0.29, 0.717) is 5.69 Å². The predicted molar refractivity (Wildman–Crippen MR) is 74.3 cm³/mol. The van der Waals surface area contributed by atoms with Crippen LogP contribution in [0.2, 0.25) is 0 Å². The lowest BCUT2D eigenvalue weighted by Gasteiger charge is -2.14. The van der Waals surface area contributed by atoms with Crippen molar-refractivity contribution in [1.29, 1.82) is 0 Å². The van der Waals surface area contributed by atoms with E-state index in [1.165, 1.54) is 12.1 Å². The fourth-order valence-corrected chi connectivity index (χ4v) is 2.25. The molecule has 2 atom stereocenters. The minimum absolute atomic E-state index is 0. The van der Waals surface area contributed by atoms with Gasteiger partial charge in [0.2, 0.25) is 5.91 Å². The molecule has 0 aliphatic heterocycles. The summed E-state index contributed by atoms with van der Waals surface area (Å²) in [5.41, 5.74) is 6.24. The van der Waals surface area contributed by atoms with E-state index in [1.807, 2.05) is 0 Å². The summed E-state index contributed by atoms with van der Waals surface area (Å²) in [5.74, 6) is -0.343. The minimum Gasteiger partial charge on any atom is -0.327 e. The van der Waals surface area contributed by atoms with Gasteiger partial charge in [-0.15, -0.1) is 12.4 Å². The molecule has 6 nitrogen and oxygen atoms in total. The van der Waals surface area contributed by atoms with Crippen LogP contribution >= 0.6 is 12.4 Å². The number of benzene rings is 1. The van der Waals surface area contributed by atoms with Gasteiger partial charge < -0.3 is 11.1 Å². The zero-order valence-electron chi connectivity index (χ0n) is 10.2. The quantitative estimate of drug-likeness (QED) is 0.656. The van der Waals surface area contributed by atoms with Crippen LogP contribution in [0.3, 0.4) is 0 Å². The minimum atomic E-state index is -0.489. The summed E-state index contributed by atoms with van der Waals surface area (Å²) < 4.78 is 0. The summed E-state index contributed by atoms with van der Waals surface area (Å²) in [6, 6.07) is 5.80. The average Bonchev–Trinajstić information content (AvgIpc) is 2.76. The van der Waals surface area contributed by atoms with Gasteiger partial charge in [0.25, 0.3) is 5.69 Å². The second kappa shape index (κ2) is 6.49. The summed E-state index contributed by atoms with van der Waals surface area (Å²) >= 11 is 0. The van der Waals surface area contributed by atoms with Crippen molar-refractivity contribution in [3.8, 4) is 0 Å². The molecule has 1 aromatic carbocycles. The van der Waals surface area contributed by atoms with Crippen molar-refractivity contribution in [2.75, 3.05) is 5.32 Å². The molecule has 1 aromatic rings. The van der Waals surface area contributed by atoms with Crippen LogP contribution in [-0.2, 0) is 4.79 Å². The van der Waals surface area contributed by atoms with Gasteiger partial charge in [0, 0.05) is 23.9 Å². The molecule has 1 aliphatic rings. The summed E-state index contributed by atoms with van der Waals surface area (Å²) in [5, 5.41) is 13.3. The lowest BCUT2D eigenvalue weighted by molar-refractivity contribution is -0.384. The Morgan fingerprint density at radius 3 is 2.74 bits per heavy atom. The van der Waals surface area contributed by atoms with Crippen LogP contribution in [0.4, 0.5) is 11.4 Å². The van der Waals surface area contributed by atoms with Gasteiger partial charge in [0.05, 0.1) is 10.8 Å². The van der Waals surface area contributed by atoms with Crippen LogP contribution in [0.1, 0.15) is 19.3 Å². The van der Waals surface area contributed by atoms with Crippen molar-refractivity contribution in [2.45, 2.75) is 25.3 Å². The molecular weight excluding hydrogens is 270 g/mol. The predicted octanol–water partition coefficient (Wildman–Crippen LogP) is 2.08. The first-order chi connectivity index (χ1) is 8.58. The van der Waals surface area contributed by atoms with Crippen LogP contribution in [0, 0.1) is 16.0 Å². The van der Waals surface area contributed by atoms with Crippen molar-refractivity contribution in [1.82, 2.24) is 0 Å². The Hall–Kier alpha value is -1.66.